The number of aryl methyl sites for hydroxylation is 1. The Kier molecular flexibility index (Phi) is 4.05. The second-order valence-corrected chi connectivity index (χ2v) is 5.60. The summed E-state index contributed by atoms with van der Waals surface area (Å²) in [4.78, 5) is 11.9. The van der Waals surface area contributed by atoms with Crippen molar-refractivity contribution in [2.45, 2.75) is 46.1 Å². The van der Waals surface area contributed by atoms with Crippen LogP contribution in [0.15, 0.2) is 24.3 Å². The lowest BCUT2D eigenvalue weighted by atomic mass is 9.89. The number of carbonyl (C=O) groups excluding carboxylic acids is 1. The zero-order valence-corrected chi connectivity index (χ0v) is 11.5. The van der Waals surface area contributed by atoms with Gasteiger partial charge in [0.1, 0.15) is 6.10 Å². The third kappa shape index (κ3) is 2.92. The molecule has 0 amide bonds. The van der Waals surface area contributed by atoms with Crippen LogP contribution in [0.4, 0.5) is 0 Å². The normalized spacial score (nSPS) is 20.3. The lowest BCUT2D eigenvalue weighted by Crippen LogP contribution is -2.29. The van der Waals surface area contributed by atoms with Gasteiger partial charge in [0.2, 0.25) is 0 Å². The largest absolute Gasteiger partial charge is 0.462 e. The van der Waals surface area contributed by atoms with Gasteiger partial charge in [0.15, 0.2) is 0 Å². The highest BCUT2D eigenvalue weighted by Gasteiger charge is 2.25. The van der Waals surface area contributed by atoms with Crippen LogP contribution < -0.4 is 0 Å². The smallest absolute Gasteiger partial charge is 0.309 e. The molecule has 1 aliphatic carbocycles. The minimum Gasteiger partial charge on any atom is -0.462 e. The molecular formula is C16H22O2. The van der Waals surface area contributed by atoms with Gasteiger partial charge in [-0.1, -0.05) is 45.0 Å². The van der Waals surface area contributed by atoms with Crippen molar-refractivity contribution in [3.8, 4) is 0 Å². The molecule has 98 valence electrons. The third-order valence-electron chi connectivity index (χ3n) is 3.96. The number of benzene rings is 1. The fourth-order valence-corrected chi connectivity index (χ4v) is 2.31. The van der Waals surface area contributed by atoms with E-state index in [-0.39, 0.29) is 18.0 Å². The quantitative estimate of drug-likeness (QED) is 0.764. The van der Waals surface area contributed by atoms with E-state index in [2.05, 4.69) is 38.1 Å². The van der Waals surface area contributed by atoms with Crippen LogP contribution in [0.3, 0.4) is 0 Å². The van der Waals surface area contributed by atoms with Gasteiger partial charge < -0.3 is 4.74 Å². The second-order valence-electron chi connectivity index (χ2n) is 5.60. The van der Waals surface area contributed by atoms with Crippen LogP contribution in [0.1, 0.15) is 38.3 Å². The number of hydrogen-bond acceptors (Lipinski definition) is 2. The topological polar surface area (TPSA) is 26.3 Å². The Bertz CT molecular complexity index is 423. The fourth-order valence-electron chi connectivity index (χ4n) is 2.31. The maximum Gasteiger partial charge on any atom is 0.309 e. The molecule has 2 heteroatoms. The highest BCUT2D eigenvalue weighted by molar-refractivity contribution is 5.72. The maximum absolute atomic E-state index is 11.9. The van der Waals surface area contributed by atoms with Gasteiger partial charge in [-0.25, -0.2) is 0 Å². The summed E-state index contributed by atoms with van der Waals surface area (Å²) in [5.74, 6) is 0.282. The molecule has 0 aromatic heterocycles. The van der Waals surface area contributed by atoms with Crippen LogP contribution in [0.5, 0.6) is 0 Å². The molecule has 2 nitrogen and oxygen atoms in total. The molecule has 0 saturated carbocycles. The molecule has 0 saturated heterocycles. The lowest BCUT2D eigenvalue weighted by Gasteiger charge is -2.26. The van der Waals surface area contributed by atoms with E-state index in [0.29, 0.717) is 5.92 Å². The Hall–Kier alpha value is -1.31. The Morgan fingerprint density at radius 3 is 2.56 bits per heavy atom. The number of esters is 1. The summed E-state index contributed by atoms with van der Waals surface area (Å²) in [6.07, 6.45) is 2.90. The molecule has 0 heterocycles. The first-order valence-corrected chi connectivity index (χ1v) is 6.85. The Labute approximate surface area is 109 Å². The number of rotatable bonds is 3. The van der Waals surface area contributed by atoms with E-state index in [1.54, 1.807) is 0 Å². The highest BCUT2D eigenvalue weighted by Crippen LogP contribution is 2.24. The van der Waals surface area contributed by atoms with Gasteiger partial charge in [-0.05, 0) is 29.9 Å². The summed E-state index contributed by atoms with van der Waals surface area (Å²) in [6, 6.07) is 8.44. The zero-order chi connectivity index (χ0) is 13.1. The zero-order valence-electron chi connectivity index (χ0n) is 11.5. The average Bonchev–Trinajstić information content (AvgIpc) is 2.37. The van der Waals surface area contributed by atoms with Gasteiger partial charge in [0.05, 0.1) is 5.92 Å². The predicted octanol–water partition coefficient (Wildman–Crippen LogP) is 3.38. The van der Waals surface area contributed by atoms with Crippen molar-refractivity contribution < 1.29 is 9.53 Å². The van der Waals surface area contributed by atoms with Crippen LogP contribution in [0.2, 0.25) is 0 Å². The standard InChI is InChI=1S/C16H22O2/c1-11(2)12(3)16(17)18-15-9-8-13-6-4-5-7-14(13)10-15/h4-7,11-12,15H,8-10H2,1-3H3. The molecule has 0 N–H and O–H groups in total. The number of hydrogen-bond donors (Lipinski definition) is 0. The molecular weight excluding hydrogens is 224 g/mol. The average molecular weight is 246 g/mol. The molecule has 0 spiro atoms. The lowest BCUT2D eigenvalue weighted by molar-refractivity contribution is -0.155. The summed E-state index contributed by atoms with van der Waals surface area (Å²) >= 11 is 0. The van der Waals surface area contributed by atoms with Crippen molar-refractivity contribution in [3.05, 3.63) is 35.4 Å². The summed E-state index contributed by atoms with van der Waals surface area (Å²) in [5, 5.41) is 0. The molecule has 1 aromatic rings. The molecule has 0 fully saturated rings. The second kappa shape index (κ2) is 5.55. The van der Waals surface area contributed by atoms with E-state index in [9.17, 15) is 4.79 Å². The first-order valence-electron chi connectivity index (χ1n) is 6.85. The molecule has 2 unspecified atom stereocenters. The number of carbonyl (C=O) groups is 1. The Morgan fingerprint density at radius 2 is 1.89 bits per heavy atom. The number of ether oxygens (including phenoxy) is 1. The Morgan fingerprint density at radius 1 is 1.22 bits per heavy atom. The van der Waals surface area contributed by atoms with Crippen LogP contribution in [0, 0.1) is 11.8 Å². The van der Waals surface area contributed by atoms with Crippen LogP contribution in [-0.2, 0) is 22.4 Å². The van der Waals surface area contributed by atoms with Crippen molar-refractivity contribution in [2.24, 2.45) is 11.8 Å². The van der Waals surface area contributed by atoms with Crippen molar-refractivity contribution >= 4 is 5.97 Å². The molecule has 1 aliphatic rings. The van der Waals surface area contributed by atoms with Gasteiger partial charge in [-0.15, -0.1) is 0 Å². The van der Waals surface area contributed by atoms with Crippen LogP contribution in [0.25, 0.3) is 0 Å². The van der Waals surface area contributed by atoms with E-state index in [1.807, 2.05) is 6.92 Å². The van der Waals surface area contributed by atoms with Gasteiger partial charge >= 0.3 is 5.97 Å². The van der Waals surface area contributed by atoms with Crippen molar-refractivity contribution in [2.75, 3.05) is 0 Å². The highest BCUT2D eigenvalue weighted by atomic mass is 16.5. The van der Waals surface area contributed by atoms with Gasteiger partial charge in [0.25, 0.3) is 0 Å². The van der Waals surface area contributed by atoms with Gasteiger partial charge in [-0.2, -0.15) is 0 Å². The summed E-state index contributed by atoms with van der Waals surface area (Å²) in [5.41, 5.74) is 2.74. The molecule has 2 atom stereocenters. The van der Waals surface area contributed by atoms with Gasteiger partial charge in [-0.3, -0.25) is 4.79 Å². The molecule has 18 heavy (non-hydrogen) atoms. The Balaban J connectivity index is 1.96. The van der Waals surface area contributed by atoms with Crippen molar-refractivity contribution in [1.29, 1.82) is 0 Å². The van der Waals surface area contributed by atoms with Gasteiger partial charge in [0, 0.05) is 6.42 Å². The molecule has 0 aliphatic heterocycles. The van der Waals surface area contributed by atoms with E-state index < -0.39 is 0 Å². The minimum absolute atomic E-state index is 0.0119. The van der Waals surface area contributed by atoms with Crippen molar-refractivity contribution in [1.82, 2.24) is 0 Å². The maximum atomic E-state index is 11.9. The molecule has 2 rings (SSSR count). The number of fused-ring (bicyclic) bond motifs is 1. The molecule has 0 radical (unpaired) electrons. The summed E-state index contributed by atoms with van der Waals surface area (Å²) < 4.78 is 5.63. The SMILES string of the molecule is CC(C)C(C)C(=O)OC1CCc2ccccc2C1. The minimum atomic E-state index is -0.0469. The van der Waals surface area contributed by atoms with Crippen molar-refractivity contribution in [3.63, 3.8) is 0 Å². The summed E-state index contributed by atoms with van der Waals surface area (Å²) in [6.45, 7) is 6.06. The fraction of sp³-hybridized carbons (Fsp3) is 0.562. The van der Waals surface area contributed by atoms with E-state index >= 15 is 0 Å². The first kappa shape index (κ1) is 13.1. The van der Waals surface area contributed by atoms with E-state index in [0.717, 1.165) is 19.3 Å². The first-order chi connectivity index (χ1) is 8.58. The van der Waals surface area contributed by atoms with Crippen LogP contribution in [-0.4, -0.2) is 12.1 Å². The monoisotopic (exact) mass is 246 g/mol. The van der Waals surface area contributed by atoms with E-state index in [4.69, 9.17) is 4.74 Å². The van der Waals surface area contributed by atoms with E-state index in [1.165, 1.54) is 11.1 Å². The molecule has 0 bridgehead atoms. The summed E-state index contributed by atoms with van der Waals surface area (Å²) in [7, 11) is 0. The van der Waals surface area contributed by atoms with Crippen LogP contribution >= 0.6 is 0 Å². The molecule has 1 aromatic carbocycles. The predicted molar refractivity (Wildman–Crippen MR) is 72.3 cm³/mol. The third-order valence-corrected chi connectivity index (χ3v) is 3.96.